The quantitative estimate of drug-likeness (QED) is 0.731. The molecule has 1 saturated heterocycles. The van der Waals surface area contributed by atoms with Crippen LogP contribution in [-0.2, 0) is 16.0 Å². The molecule has 1 aromatic rings. The zero-order valence-electron chi connectivity index (χ0n) is 14.1. The predicted molar refractivity (Wildman–Crippen MR) is 95.4 cm³/mol. The summed E-state index contributed by atoms with van der Waals surface area (Å²) >= 11 is 1.76. The Morgan fingerprint density at radius 3 is 3.04 bits per heavy atom. The van der Waals surface area contributed by atoms with Crippen molar-refractivity contribution in [1.29, 1.82) is 0 Å². The number of thioether (sulfide) groups is 1. The summed E-state index contributed by atoms with van der Waals surface area (Å²) < 4.78 is 13.2. The van der Waals surface area contributed by atoms with E-state index in [0.717, 1.165) is 17.7 Å². The van der Waals surface area contributed by atoms with Gasteiger partial charge in [0.25, 0.3) is 0 Å². The van der Waals surface area contributed by atoms with Crippen LogP contribution in [0.5, 0.6) is 0 Å². The van der Waals surface area contributed by atoms with Gasteiger partial charge in [-0.05, 0) is 49.0 Å². The van der Waals surface area contributed by atoms with Gasteiger partial charge in [-0.2, -0.15) is 11.8 Å². The number of nitrogens with zero attached hydrogens (tertiary/aromatic N) is 1. The molecule has 1 aromatic carbocycles. The lowest BCUT2D eigenvalue weighted by atomic mass is 9.96. The van der Waals surface area contributed by atoms with Crippen LogP contribution < -0.4 is 5.32 Å². The Bertz CT molecular complexity index is 568. The molecular weight excluding hydrogens is 327 g/mol. The van der Waals surface area contributed by atoms with Crippen molar-refractivity contribution in [2.45, 2.75) is 25.7 Å². The predicted octanol–water partition coefficient (Wildman–Crippen LogP) is 2.48. The van der Waals surface area contributed by atoms with E-state index in [1.807, 2.05) is 12.3 Å². The third kappa shape index (κ3) is 5.82. The van der Waals surface area contributed by atoms with E-state index in [0.29, 0.717) is 38.9 Å². The average Bonchev–Trinajstić information content (AvgIpc) is 2.58. The first-order valence-electron chi connectivity index (χ1n) is 8.39. The highest BCUT2D eigenvalue weighted by atomic mass is 32.2. The van der Waals surface area contributed by atoms with E-state index >= 15 is 0 Å². The minimum absolute atomic E-state index is 0.0411. The number of benzene rings is 1. The van der Waals surface area contributed by atoms with Crippen LogP contribution in [0.2, 0.25) is 0 Å². The molecule has 0 radical (unpaired) electrons. The zero-order chi connectivity index (χ0) is 17.4. The van der Waals surface area contributed by atoms with Crippen molar-refractivity contribution in [2.75, 3.05) is 31.6 Å². The number of nitrogens with one attached hydrogen (secondary N) is 1. The highest BCUT2D eigenvalue weighted by Gasteiger charge is 2.29. The van der Waals surface area contributed by atoms with Crippen molar-refractivity contribution in [3.8, 4) is 0 Å². The largest absolute Gasteiger partial charge is 0.356 e. The molecule has 2 amide bonds. The number of carbonyl (C=O) groups excluding carboxylic acids is 2. The highest BCUT2D eigenvalue weighted by Crippen LogP contribution is 2.18. The van der Waals surface area contributed by atoms with Gasteiger partial charge in [0.05, 0.1) is 5.92 Å². The number of carbonyl (C=O) groups is 2. The van der Waals surface area contributed by atoms with Gasteiger partial charge in [0, 0.05) is 26.1 Å². The van der Waals surface area contributed by atoms with Gasteiger partial charge < -0.3 is 10.2 Å². The van der Waals surface area contributed by atoms with Crippen LogP contribution in [0, 0.1) is 11.7 Å². The Hall–Kier alpha value is -1.56. The molecule has 4 nitrogen and oxygen atoms in total. The molecule has 0 aliphatic carbocycles. The zero-order valence-corrected chi connectivity index (χ0v) is 14.9. The number of hydrogen-bond donors (Lipinski definition) is 1. The van der Waals surface area contributed by atoms with Gasteiger partial charge in [-0.25, -0.2) is 4.39 Å². The van der Waals surface area contributed by atoms with Gasteiger partial charge in [-0.3, -0.25) is 9.59 Å². The van der Waals surface area contributed by atoms with Crippen LogP contribution in [0.25, 0.3) is 0 Å². The van der Waals surface area contributed by atoms with Crippen molar-refractivity contribution in [1.82, 2.24) is 10.2 Å². The summed E-state index contributed by atoms with van der Waals surface area (Å²) in [7, 11) is 0. The lowest BCUT2D eigenvalue weighted by molar-refractivity contribution is -0.138. The summed E-state index contributed by atoms with van der Waals surface area (Å²) in [6, 6.07) is 6.43. The topological polar surface area (TPSA) is 49.4 Å². The first-order chi connectivity index (χ1) is 11.6. The van der Waals surface area contributed by atoms with Crippen LogP contribution >= 0.6 is 11.8 Å². The first-order valence-corrected chi connectivity index (χ1v) is 9.78. The second kappa shape index (κ2) is 9.67. The third-order valence-electron chi connectivity index (χ3n) is 4.25. The summed E-state index contributed by atoms with van der Waals surface area (Å²) in [5.74, 6) is 0.755. The fourth-order valence-electron chi connectivity index (χ4n) is 2.87. The van der Waals surface area contributed by atoms with Crippen LogP contribution in [-0.4, -0.2) is 48.4 Å². The van der Waals surface area contributed by atoms with Gasteiger partial charge in [-0.1, -0.05) is 12.1 Å². The number of likely N-dealkylation sites (tertiary alicyclic amines) is 1. The van der Waals surface area contributed by atoms with Crippen molar-refractivity contribution in [2.24, 2.45) is 5.92 Å². The van der Waals surface area contributed by atoms with Crippen molar-refractivity contribution in [3.05, 3.63) is 35.6 Å². The summed E-state index contributed by atoms with van der Waals surface area (Å²) in [5.41, 5.74) is 0.867. The SMILES string of the molecule is CSCCCNC(=O)[C@@H]1CCC(=O)N(CCc2cccc(F)c2)C1. The summed E-state index contributed by atoms with van der Waals surface area (Å²) in [4.78, 5) is 26.0. The Morgan fingerprint density at radius 1 is 1.46 bits per heavy atom. The molecule has 1 N–H and O–H groups in total. The molecule has 1 heterocycles. The van der Waals surface area contributed by atoms with E-state index in [9.17, 15) is 14.0 Å². The lowest BCUT2D eigenvalue weighted by Crippen LogP contribution is -2.46. The van der Waals surface area contributed by atoms with Gasteiger partial charge in [0.1, 0.15) is 5.82 Å². The molecule has 132 valence electrons. The summed E-state index contributed by atoms with van der Waals surface area (Å²) in [5, 5.41) is 2.96. The number of halogens is 1. The monoisotopic (exact) mass is 352 g/mol. The van der Waals surface area contributed by atoms with Crippen LogP contribution in [0.4, 0.5) is 4.39 Å². The van der Waals surface area contributed by atoms with Crippen LogP contribution in [0.1, 0.15) is 24.8 Å². The van der Waals surface area contributed by atoms with Crippen molar-refractivity contribution >= 4 is 23.6 Å². The maximum absolute atomic E-state index is 13.2. The molecule has 24 heavy (non-hydrogen) atoms. The fourth-order valence-corrected chi connectivity index (χ4v) is 3.31. The van der Waals surface area contributed by atoms with Crippen LogP contribution in [0.15, 0.2) is 24.3 Å². The molecule has 1 aliphatic heterocycles. The first kappa shape index (κ1) is 18.8. The Balaban J connectivity index is 1.81. The summed E-state index contributed by atoms with van der Waals surface area (Å²) in [6.07, 6.45) is 4.63. The maximum atomic E-state index is 13.2. The smallest absolute Gasteiger partial charge is 0.224 e. The molecular formula is C18H25FN2O2S. The lowest BCUT2D eigenvalue weighted by Gasteiger charge is -2.32. The second-order valence-corrected chi connectivity index (χ2v) is 7.08. The fraction of sp³-hybridized carbons (Fsp3) is 0.556. The van der Waals surface area contributed by atoms with Gasteiger partial charge >= 0.3 is 0 Å². The number of hydrogen-bond acceptors (Lipinski definition) is 3. The van der Waals surface area contributed by atoms with E-state index in [2.05, 4.69) is 5.32 Å². The molecule has 1 aliphatic rings. The molecule has 0 spiro atoms. The second-order valence-electron chi connectivity index (χ2n) is 6.09. The van der Waals surface area contributed by atoms with Crippen molar-refractivity contribution in [3.63, 3.8) is 0 Å². The Morgan fingerprint density at radius 2 is 2.29 bits per heavy atom. The number of rotatable bonds is 8. The maximum Gasteiger partial charge on any atom is 0.224 e. The van der Waals surface area contributed by atoms with Gasteiger partial charge in [0.2, 0.25) is 11.8 Å². The molecule has 0 bridgehead atoms. The number of amides is 2. The Labute approximate surface area is 147 Å². The average molecular weight is 352 g/mol. The molecule has 6 heteroatoms. The molecule has 1 atom stereocenters. The van der Waals surface area contributed by atoms with Crippen molar-refractivity contribution < 1.29 is 14.0 Å². The minimum Gasteiger partial charge on any atom is -0.356 e. The highest BCUT2D eigenvalue weighted by molar-refractivity contribution is 7.98. The summed E-state index contributed by atoms with van der Waals surface area (Å²) in [6.45, 7) is 1.68. The number of piperidine rings is 1. The van der Waals surface area contributed by atoms with E-state index in [1.165, 1.54) is 12.1 Å². The normalized spacial score (nSPS) is 17.8. The van der Waals surface area contributed by atoms with E-state index in [1.54, 1.807) is 22.7 Å². The molecule has 0 unspecified atom stereocenters. The molecule has 2 rings (SSSR count). The van der Waals surface area contributed by atoms with E-state index in [-0.39, 0.29) is 23.5 Å². The van der Waals surface area contributed by atoms with Gasteiger partial charge in [0.15, 0.2) is 0 Å². The van der Waals surface area contributed by atoms with Gasteiger partial charge in [-0.15, -0.1) is 0 Å². The van der Waals surface area contributed by atoms with Crippen LogP contribution in [0.3, 0.4) is 0 Å². The van der Waals surface area contributed by atoms with E-state index in [4.69, 9.17) is 0 Å². The third-order valence-corrected chi connectivity index (χ3v) is 4.95. The molecule has 1 fully saturated rings. The molecule has 0 aromatic heterocycles. The molecule has 0 saturated carbocycles. The van der Waals surface area contributed by atoms with E-state index < -0.39 is 0 Å². The standard InChI is InChI=1S/C18H25FN2O2S/c1-24-11-3-9-20-18(23)15-6-7-17(22)21(13-15)10-8-14-4-2-5-16(19)12-14/h2,4-5,12,15H,3,6-11,13H2,1H3,(H,20,23)/t15-/m1/s1. The minimum atomic E-state index is -0.264. The Kier molecular flexibility index (Phi) is 7.56.